The molecule has 3 heterocycles. The summed E-state index contributed by atoms with van der Waals surface area (Å²) in [6.45, 7) is 0.614. The standard InChI is InChI=1S/C21H20ClN3O4S2/c22-19-6-2-1-5-18(19)20-24-16(14-30-20)13-29-21(26)15-7-10-25(11-8-15)31(27,28)17-4-3-9-23-12-17/h1-6,9,12,14-15H,7-8,10-11,13H2. The number of hydrogen-bond acceptors (Lipinski definition) is 7. The Balaban J connectivity index is 1.31. The molecule has 162 valence electrons. The van der Waals surface area contributed by atoms with E-state index in [9.17, 15) is 13.2 Å². The van der Waals surface area contributed by atoms with E-state index in [0.717, 1.165) is 10.6 Å². The largest absolute Gasteiger partial charge is 0.459 e. The summed E-state index contributed by atoms with van der Waals surface area (Å²) in [5.74, 6) is -0.659. The van der Waals surface area contributed by atoms with Gasteiger partial charge in [0.25, 0.3) is 0 Å². The summed E-state index contributed by atoms with van der Waals surface area (Å²) in [4.78, 5) is 21.0. The number of carbonyl (C=O) groups is 1. The van der Waals surface area contributed by atoms with Crippen LogP contribution < -0.4 is 0 Å². The molecule has 3 aromatic rings. The SMILES string of the molecule is O=C(OCc1csc(-c2ccccc2Cl)n1)C1CCN(S(=O)(=O)c2cccnc2)CC1. The third-order valence-electron chi connectivity index (χ3n) is 5.08. The molecule has 7 nitrogen and oxygen atoms in total. The highest BCUT2D eigenvalue weighted by atomic mass is 35.5. The first-order chi connectivity index (χ1) is 14.9. The zero-order valence-electron chi connectivity index (χ0n) is 16.5. The number of piperidine rings is 1. The van der Waals surface area contributed by atoms with E-state index in [4.69, 9.17) is 16.3 Å². The lowest BCUT2D eigenvalue weighted by atomic mass is 9.98. The fourth-order valence-corrected chi connectivity index (χ4v) is 5.93. The third kappa shape index (κ3) is 4.95. The van der Waals surface area contributed by atoms with Crippen molar-refractivity contribution in [1.29, 1.82) is 0 Å². The summed E-state index contributed by atoms with van der Waals surface area (Å²) in [6.07, 6.45) is 3.70. The van der Waals surface area contributed by atoms with Gasteiger partial charge in [-0.3, -0.25) is 9.78 Å². The average molecular weight is 478 g/mol. The minimum Gasteiger partial charge on any atom is -0.459 e. The molecule has 0 amide bonds. The fraction of sp³-hybridized carbons (Fsp3) is 0.286. The summed E-state index contributed by atoms with van der Waals surface area (Å²) in [6, 6.07) is 10.6. The van der Waals surface area contributed by atoms with Crippen LogP contribution in [0.5, 0.6) is 0 Å². The Hall–Kier alpha value is -2.33. The van der Waals surface area contributed by atoms with Crippen molar-refractivity contribution in [3.8, 4) is 10.6 Å². The van der Waals surface area contributed by atoms with Crippen LogP contribution in [0.3, 0.4) is 0 Å². The molecule has 4 rings (SSSR count). The van der Waals surface area contributed by atoms with Gasteiger partial charge in [-0.1, -0.05) is 29.8 Å². The number of rotatable bonds is 6. The van der Waals surface area contributed by atoms with Gasteiger partial charge < -0.3 is 4.74 Å². The summed E-state index contributed by atoms with van der Waals surface area (Å²) >= 11 is 7.65. The van der Waals surface area contributed by atoms with E-state index in [1.165, 1.54) is 34.1 Å². The maximum Gasteiger partial charge on any atom is 0.309 e. The highest BCUT2D eigenvalue weighted by Gasteiger charge is 2.33. The van der Waals surface area contributed by atoms with Gasteiger partial charge in [0.1, 0.15) is 16.5 Å². The first-order valence-electron chi connectivity index (χ1n) is 9.71. The van der Waals surface area contributed by atoms with Crippen LogP contribution in [0.25, 0.3) is 10.6 Å². The summed E-state index contributed by atoms with van der Waals surface area (Å²) in [7, 11) is -3.59. The molecule has 1 aliphatic heterocycles. The molecule has 0 saturated carbocycles. The van der Waals surface area contributed by atoms with Gasteiger partial charge in [0.2, 0.25) is 10.0 Å². The van der Waals surface area contributed by atoms with Crippen molar-refractivity contribution < 1.29 is 17.9 Å². The van der Waals surface area contributed by atoms with Gasteiger partial charge in [0.05, 0.1) is 16.6 Å². The maximum absolute atomic E-state index is 12.7. The van der Waals surface area contributed by atoms with Gasteiger partial charge in [-0.2, -0.15) is 4.31 Å². The van der Waals surface area contributed by atoms with Gasteiger partial charge >= 0.3 is 5.97 Å². The molecule has 0 aliphatic carbocycles. The Kier molecular flexibility index (Phi) is 6.66. The van der Waals surface area contributed by atoms with E-state index >= 15 is 0 Å². The number of hydrogen-bond donors (Lipinski definition) is 0. The molecule has 31 heavy (non-hydrogen) atoms. The zero-order chi connectivity index (χ0) is 21.8. The van der Waals surface area contributed by atoms with Crippen LogP contribution in [0.1, 0.15) is 18.5 Å². The molecule has 2 aromatic heterocycles. The lowest BCUT2D eigenvalue weighted by Crippen LogP contribution is -2.40. The van der Waals surface area contributed by atoms with Crippen LogP contribution in [0.2, 0.25) is 5.02 Å². The number of thiazole rings is 1. The Bertz CT molecular complexity index is 1160. The van der Waals surface area contributed by atoms with Gasteiger partial charge in [0, 0.05) is 36.4 Å². The molecule has 1 aliphatic rings. The topological polar surface area (TPSA) is 89.5 Å². The van der Waals surface area contributed by atoms with E-state index in [1.807, 2.05) is 23.6 Å². The van der Waals surface area contributed by atoms with Gasteiger partial charge in [-0.05, 0) is 31.0 Å². The second kappa shape index (κ2) is 9.44. The number of carbonyl (C=O) groups excluding carboxylic acids is 1. The molecule has 1 saturated heterocycles. The summed E-state index contributed by atoms with van der Waals surface area (Å²) in [5.41, 5.74) is 1.50. The van der Waals surface area contributed by atoms with Gasteiger partial charge in [0.15, 0.2) is 0 Å². The molecule has 0 radical (unpaired) electrons. The van der Waals surface area contributed by atoms with E-state index in [0.29, 0.717) is 23.6 Å². The Labute approximate surface area is 189 Å². The van der Waals surface area contributed by atoms with Crippen molar-refractivity contribution in [3.05, 3.63) is 64.9 Å². The van der Waals surface area contributed by atoms with Crippen LogP contribution in [-0.2, 0) is 26.2 Å². The lowest BCUT2D eigenvalue weighted by molar-refractivity contribution is -0.151. The molecule has 1 fully saturated rings. The van der Waals surface area contributed by atoms with E-state index in [-0.39, 0.29) is 36.5 Å². The molecular weight excluding hydrogens is 458 g/mol. The number of halogens is 1. The first kappa shape index (κ1) is 21.9. The number of ether oxygens (including phenoxy) is 1. The van der Waals surface area contributed by atoms with E-state index in [1.54, 1.807) is 12.1 Å². The molecule has 1 aromatic carbocycles. The van der Waals surface area contributed by atoms with E-state index in [2.05, 4.69) is 9.97 Å². The fourth-order valence-electron chi connectivity index (χ4n) is 3.38. The minimum absolute atomic E-state index is 0.0774. The lowest BCUT2D eigenvalue weighted by Gasteiger charge is -2.29. The number of aromatic nitrogens is 2. The molecule has 10 heteroatoms. The highest BCUT2D eigenvalue weighted by molar-refractivity contribution is 7.89. The van der Waals surface area contributed by atoms with Crippen molar-refractivity contribution in [2.75, 3.05) is 13.1 Å². The van der Waals surface area contributed by atoms with Gasteiger partial charge in [-0.15, -0.1) is 11.3 Å². The minimum atomic E-state index is -3.59. The second-order valence-electron chi connectivity index (χ2n) is 7.10. The maximum atomic E-state index is 12.7. The molecule has 0 atom stereocenters. The van der Waals surface area contributed by atoms with Crippen LogP contribution in [0.15, 0.2) is 59.1 Å². The monoisotopic (exact) mass is 477 g/mol. The molecular formula is C21H20ClN3O4S2. The predicted octanol–water partition coefficient (Wildman–Crippen LogP) is 4.00. The Morgan fingerprint density at radius 2 is 1.97 bits per heavy atom. The first-order valence-corrected chi connectivity index (χ1v) is 12.4. The molecule has 0 bridgehead atoms. The number of benzene rings is 1. The highest BCUT2D eigenvalue weighted by Crippen LogP contribution is 2.30. The Morgan fingerprint density at radius 1 is 1.19 bits per heavy atom. The van der Waals surface area contributed by atoms with Crippen molar-refractivity contribution in [1.82, 2.24) is 14.3 Å². The van der Waals surface area contributed by atoms with Crippen molar-refractivity contribution in [3.63, 3.8) is 0 Å². The van der Waals surface area contributed by atoms with Crippen molar-refractivity contribution >= 4 is 38.9 Å². The third-order valence-corrected chi connectivity index (χ3v) is 8.21. The smallest absolute Gasteiger partial charge is 0.309 e. The number of nitrogens with zero attached hydrogens (tertiary/aromatic N) is 3. The molecule has 0 unspecified atom stereocenters. The number of pyridine rings is 1. The van der Waals surface area contributed by atoms with Crippen LogP contribution >= 0.6 is 22.9 Å². The molecule has 0 spiro atoms. The summed E-state index contributed by atoms with van der Waals surface area (Å²) < 4.78 is 32.2. The quantitative estimate of drug-likeness (QED) is 0.498. The summed E-state index contributed by atoms with van der Waals surface area (Å²) in [5, 5.41) is 3.23. The number of sulfonamides is 1. The average Bonchev–Trinajstić information content (AvgIpc) is 3.27. The van der Waals surface area contributed by atoms with Crippen molar-refractivity contribution in [2.45, 2.75) is 24.3 Å². The predicted molar refractivity (Wildman–Crippen MR) is 118 cm³/mol. The zero-order valence-corrected chi connectivity index (χ0v) is 18.9. The van der Waals surface area contributed by atoms with Crippen molar-refractivity contribution in [2.24, 2.45) is 5.92 Å². The Morgan fingerprint density at radius 3 is 2.68 bits per heavy atom. The van der Waals surface area contributed by atoms with Gasteiger partial charge in [-0.25, -0.2) is 13.4 Å². The van der Waals surface area contributed by atoms with Crippen LogP contribution in [-0.4, -0.2) is 41.7 Å². The van der Waals surface area contributed by atoms with Crippen LogP contribution in [0.4, 0.5) is 0 Å². The normalized spacial score (nSPS) is 15.6. The molecule has 0 N–H and O–H groups in total. The van der Waals surface area contributed by atoms with E-state index < -0.39 is 10.0 Å². The number of esters is 1. The van der Waals surface area contributed by atoms with Crippen LogP contribution in [0, 0.1) is 5.92 Å². The second-order valence-corrected chi connectivity index (χ2v) is 10.3.